The van der Waals surface area contributed by atoms with E-state index in [1.165, 1.54) is 17.5 Å². The second-order valence-corrected chi connectivity index (χ2v) is 4.41. The fraction of sp³-hybridized carbons (Fsp3) is 0.400. The van der Waals surface area contributed by atoms with E-state index in [2.05, 4.69) is 42.5 Å². The van der Waals surface area contributed by atoms with Crippen molar-refractivity contribution < 1.29 is 0 Å². The summed E-state index contributed by atoms with van der Waals surface area (Å²) < 4.78 is 0. The SMILES string of the molecule is N#CC1C=CCCCc2ccc(cc2)CC1. The van der Waals surface area contributed by atoms with Crippen LogP contribution in [-0.2, 0) is 12.8 Å². The summed E-state index contributed by atoms with van der Waals surface area (Å²) >= 11 is 0. The zero-order valence-electron chi connectivity index (χ0n) is 9.52. The summed E-state index contributed by atoms with van der Waals surface area (Å²) in [6.45, 7) is 0. The number of hydrogen-bond donors (Lipinski definition) is 0. The summed E-state index contributed by atoms with van der Waals surface area (Å²) in [5.41, 5.74) is 2.77. The average molecular weight is 211 g/mol. The van der Waals surface area contributed by atoms with Crippen LogP contribution >= 0.6 is 0 Å². The van der Waals surface area contributed by atoms with Gasteiger partial charge in [-0.05, 0) is 43.2 Å². The Bertz CT molecular complexity index is 394. The molecule has 0 aliphatic heterocycles. The summed E-state index contributed by atoms with van der Waals surface area (Å²) in [4.78, 5) is 0. The Morgan fingerprint density at radius 1 is 1.06 bits per heavy atom. The average Bonchev–Trinajstić information content (AvgIpc) is 2.31. The summed E-state index contributed by atoms with van der Waals surface area (Å²) in [6, 6.07) is 11.2. The van der Waals surface area contributed by atoms with Crippen molar-refractivity contribution in [2.45, 2.75) is 32.1 Å². The van der Waals surface area contributed by atoms with Crippen LogP contribution in [0.25, 0.3) is 0 Å². The second kappa shape index (κ2) is 5.51. The highest BCUT2D eigenvalue weighted by Crippen LogP contribution is 2.15. The third-order valence-corrected chi connectivity index (χ3v) is 3.14. The third-order valence-electron chi connectivity index (χ3n) is 3.14. The molecule has 0 aromatic heterocycles. The van der Waals surface area contributed by atoms with E-state index in [0.29, 0.717) is 0 Å². The first-order chi connectivity index (χ1) is 7.88. The molecule has 0 heterocycles. The Kier molecular flexibility index (Phi) is 3.77. The Hall–Kier alpha value is -1.55. The number of rotatable bonds is 0. The molecule has 0 N–H and O–H groups in total. The molecular weight excluding hydrogens is 194 g/mol. The van der Waals surface area contributed by atoms with Crippen LogP contribution in [0, 0.1) is 17.2 Å². The molecule has 0 amide bonds. The van der Waals surface area contributed by atoms with Crippen molar-refractivity contribution in [1.82, 2.24) is 0 Å². The van der Waals surface area contributed by atoms with Gasteiger partial charge in [-0.2, -0.15) is 5.26 Å². The number of allylic oxidation sites excluding steroid dienone is 2. The molecule has 0 saturated carbocycles. The standard InChI is InChI=1S/C15H17N/c16-12-15-5-3-1-2-4-13-6-8-14(9-7-13)10-11-15/h3,5-9,15H,1-2,4,10-11H2. The van der Waals surface area contributed by atoms with Gasteiger partial charge in [0.25, 0.3) is 0 Å². The smallest absolute Gasteiger partial charge is 0.0697 e. The van der Waals surface area contributed by atoms with E-state index in [-0.39, 0.29) is 5.92 Å². The molecule has 2 aliphatic rings. The molecule has 1 nitrogen and oxygen atoms in total. The first-order valence-electron chi connectivity index (χ1n) is 6.02. The van der Waals surface area contributed by atoms with E-state index in [0.717, 1.165) is 25.7 Å². The molecule has 0 fully saturated rings. The first kappa shape index (κ1) is 11.0. The fourth-order valence-electron chi connectivity index (χ4n) is 2.08. The summed E-state index contributed by atoms with van der Waals surface area (Å²) in [6.07, 6.45) is 9.58. The lowest BCUT2D eigenvalue weighted by Crippen LogP contribution is -1.97. The Balaban J connectivity index is 2.14. The van der Waals surface area contributed by atoms with Crippen molar-refractivity contribution in [1.29, 1.82) is 5.26 Å². The van der Waals surface area contributed by atoms with Crippen molar-refractivity contribution in [2.24, 2.45) is 5.92 Å². The molecule has 1 aromatic carbocycles. The number of hydrogen-bond acceptors (Lipinski definition) is 1. The van der Waals surface area contributed by atoms with Gasteiger partial charge in [-0.15, -0.1) is 0 Å². The molecule has 1 atom stereocenters. The van der Waals surface area contributed by atoms with E-state index in [9.17, 15) is 0 Å². The van der Waals surface area contributed by atoms with Gasteiger partial charge in [0.2, 0.25) is 0 Å². The predicted molar refractivity (Wildman–Crippen MR) is 65.9 cm³/mol. The van der Waals surface area contributed by atoms with Crippen LogP contribution in [0.5, 0.6) is 0 Å². The molecule has 16 heavy (non-hydrogen) atoms. The maximum atomic E-state index is 9.01. The number of nitriles is 1. The summed E-state index contributed by atoms with van der Waals surface area (Å²) in [7, 11) is 0. The molecular formula is C15H17N. The number of benzene rings is 1. The number of nitrogens with zero attached hydrogens (tertiary/aromatic N) is 1. The predicted octanol–water partition coefficient (Wildman–Crippen LogP) is 3.65. The third kappa shape index (κ3) is 2.97. The van der Waals surface area contributed by atoms with Crippen LogP contribution in [0.2, 0.25) is 0 Å². The highest BCUT2D eigenvalue weighted by atomic mass is 14.3. The topological polar surface area (TPSA) is 23.8 Å². The maximum Gasteiger partial charge on any atom is 0.0697 e. The zero-order chi connectivity index (χ0) is 11.2. The molecule has 1 heteroatoms. The lowest BCUT2D eigenvalue weighted by Gasteiger charge is -2.07. The van der Waals surface area contributed by atoms with Crippen molar-refractivity contribution in [3.05, 3.63) is 47.5 Å². The van der Waals surface area contributed by atoms with Crippen LogP contribution in [0.4, 0.5) is 0 Å². The van der Waals surface area contributed by atoms with Crippen molar-refractivity contribution >= 4 is 0 Å². The first-order valence-corrected chi connectivity index (χ1v) is 6.02. The van der Waals surface area contributed by atoms with Crippen molar-refractivity contribution in [3.8, 4) is 6.07 Å². The molecule has 2 aliphatic carbocycles. The maximum absolute atomic E-state index is 9.01. The normalized spacial score (nSPS) is 20.8. The van der Waals surface area contributed by atoms with E-state index in [1.807, 2.05) is 0 Å². The van der Waals surface area contributed by atoms with Gasteiger partial charge in [-0.1, -0.05) is 36.4 Å². The zero-order valence-corrected chi connectivity index (χ0v) is 9.52. The van der Waals surface area contributed by atoms with Gasteiger partial charge >= 0.3 is 0 Å². The highest BCUT2D eigenvalue weighted by Gasteiger charge is 2.04. The van der Waals surface area contributed by atoms with Gasteiger partial charge in [0, 0.05) is 0 Å². The lowest BCUT2D eigenvalue weighted by atomic mass is 9.97. The largest absolute Gasteiger partial charge is 0.198 e. The molecule has 82 valence electrons. The minimum absolute atomic E-state index is 0.0825. The van der Waals surface area contributed by atoms with Gasteiger partial charge in [-0.25, -0.2) is 0 Å². The Labute approximate surface area is 97.4 Å². The van der Waals surface area contributed by atoms with Gasteiger partial charge in [-0.3, -0.25) is 0 Å². The fourth-order valence-corrected chi connectivity index (χ4v) is 2.08. The minimum atomic E-state index is 0.0825. The Morgan fingerprint density at radius 2 is 1.75 bits per heavy atom. The molecule has 2 bridgehead atoms. The van der Waals surface area contributed by atoms with E-state index >= 15 is 0 Å². The quantitative estimate of drug-likeness (QED) is 0.601. The van der Waals surface area contributed by atoms with Crippen LogP contribution < -0.4 is 0 Å². The molecule has 3 rings (SSSR count). The molecule has 0 spiro atoms. The molecule has 0 radical (unpaired) electrons. The minimum Gasteiger partial charge on any atom is -0.198 e. The monoisotopic (exact) mass is 211 g/mol. The second-order valence-electron chi connectivity index (χ2n) is 4.41. The van der Waals surface area contributed by atoms with Crippen molar-refractivity contribution in [2.75, 3.05) is 0 Å². The van der Waals surface area contributed by atoms with Crippen LogP contribution in [0.3, 0.4) is 0 Å². The van der Waals surface area contributed by atoms with E-state index in [1.54, 1.807) is 0 Å². The van der Waals surface area contributed by atoms with Crippen LogP contribution in [0.1, 0.15) is 30.4 Å². The number of aryl methyl sites for hydroxylation is 2. The number of fused-ring (bicyclic) bond motifs is 8. The van der Waals surface area contributed by atoms with Gasteiger partial charge in [0.15, 0.2) is 0 Å². The molecule has 1 aromatic rings. The van der Waals surface area contributed by atoms with E-state index in [4.69, 9.17) is 5.26 Å². The molecule has 0 saturated heterocycles. The Morgan fingerprint density at radius 3 is 2.44 bits per heavy atom. The van der Waals surface area contributed by atoms with Crippen LogP contribution in [-0.4, -0.2) is 0 Å². The lowest BCUT2D eigenvalue weighted by molar-refractivity contribution is 0.711. The van der Waals surface area contributed by atoms with Gasteiger partial charge in [0.1, 0.15) is 0 Å². The molecule has 1 unspecified atom stereocenters. The van der Waals surface area contributed by atoms with Crippen LogP contribution in [0.15, 0.2) is 36.4 Å². The summed E-state index contributed by atoms with van der Waals surface area (Å²) in [5, 5.41) is 9.01. The van der Waals surface area contributed by atoms with Crippen molar-refractivity contribution in [3.63, 3.8) is 0 Å². The van der Waals surface area contributed by atoms with Gasteiger partial charge < -0.3 is 0 Å². The highest BCUT2D eigenvalue weighted by molar-refractivity contribution is 5.23. The summed E-state index contributed by atoms with van der Waals surface area (Å²) in [5.74, 6) is 0.0825. The van der Waals surface area contributed by atoms with Gasteiger partial charge in [0.05, 0.1) is 12.0 Å². The van der Waals surface area contributed by atoms with E-state index < -0.39 is 0 Å².